The molecule has 0 aliphatic carbocycles. The summed E-state index contributed by atoms with van der Waals surface area (Å²) in [6.45, 7) is 1.29. The number of amides is 2. The van der Waals surface area contributed by atoms with Crippen molar-refractivity contribution < 1.29 is 18.0 Å². The molecular weight excluding hydrogens is 557 g/mol. The molecule has 0 spiro atoms. The number of nitrogens with zero attached hydrogens (tertiary/aromatic N) is 2. The quantitative estimate of drug-likeness (QED) is 0.347. The van der Waals surface area contributed by atoms with Crippen molar-refractivity contribution in [2.45, 2.75) is 30.8 Å². The zero-order chi connectivity index (χ0) is 27.2. The van der Waals surface area contributed by atoms with Crippen LogP contribution in [-0.4, -0.2) is 44.8 Å². The number of rotatable bonds is 10. The van der Waals surface area contributed by atoms with Crippen molar-refractivity contribution in [2.75, 3.05) is 17.9 Å². The van der Waals surface area contributed by atoms with E-state index in [0.717, 1.165) is 9.87 Å². The molecule has 3 rings (SSSR count). The van der Waals surface area contributed by atoms with E-state index in [9.17, 15) is 18.0 Å². The fourth-order valence-electron chi connectivity index (χ4n) is 3.77. The number of likely N-dealkylation sites (N-methyl/N-ethyl adjacent to an activating group) is 1. The van der Waals surface area contributed by atoms with Crippen LogP contribution in [0.3, 0.4) is 0 Å². The molecule has 3 aromatic rings. The largest absolute Gasteiger partial charge is 0.357 e. The van der Waals surface area contributed by atoms with Gasteiger partial charge in [0.25, 0.3) is 10.0 Å². The molecule has 0 aromatic heterocycles. The number of benzene rings is 3. The molecule has 1 atom stereocenters. The van der Waals surface area contributed by atoms with Crippen molar-refractivity contribution in [3.63, 3.8) is 0 Å². The topological polar surface area (TPSA) is 86.8 Å². The minimum absolute atomic E-state index is 0.0488. The van der Waals surface area contributed by atoms with Gasteiger partial charge in [-0.1, -0.05) is 59.9 Å². The van der Waals surface area contributed by atoms with Gasteiger partial charge in [0.15, 0.2) is 0 Å². The van der Waals surface area contributed by atoms with E-state index in [-0.39, 0.29) is 23.0 Å². The summed E-state index contributed by atoms with van der Waals surface area (Å²) >= 11 is 18.1. The molecule has 3 aromatic carbocycles. The number of anilines is 1. The molecule has 0 aliphatic rings. The van der Waals surface area contributed by atoms with E-state index in [1.807, 2.05) is 0 Å². The Morgan fingerprint density at radius 1 is 0.892 bits per heavy atom. The number of nitrogens with one attached hydrogen (secondary N) is 1. The number of sulfonamides is 1. The van der Waals surface area contributed by atoms with E-state index in [1.54, 1.807) is 49.4 Å². The first kappa shape index (κ1) is 28.8. The minimum atomic E-state index is -4.20. The predicted octanol–water partition coefficient (Wildman–Crippen LogP) is 5.40. The summed E-state index contributed by atoms with van der Waals surface area (Å²) in [5.41, 5.74) is 0.935. The van der Waals surface area contributed by atoms with Crippen LogP contribution in [0.4, 0.5) is 5.69 Å². The highest BCUT2D eigenvalue weighted by molar-refractivity contribution is 7.92. The Bertz CT molecular complexity index is 1350. The molecule has 37 heavy (non-hydrogen) atoms. The molecule has 0 aliphatic heterocycles. The first-order valence-corrected chi connectivity index (χ1v) is 13.9. The molecule has 0 heterocycles. The zero-order valence-corrected chi connectivity index (χ0v) is 23.3. The van der Waals surface area contributed by atoms with Crippen molar-refractivity contribution in [2.24, 2.45) is 0 Å². The molecule has 1 unspecified atom stereocenters. The Kier molecular flexibility index (Phi) is 9.84. The standard InChI is InChI=1S/C26H26Cl3N3O4S/c1-3-24(26(34)30-2)31(16-18-7-9-19(27)10-8-18)25(33)17-32(22-6-4-5-21(29)15-22)37(35,36)23-13-11-20(28)12-14-23/h4-15,24H,3,16-17H2,1-2H3,(H,30,34). The lowest BCUT2D eigenvalue weighted by atomic mass is 10.1. The number of carbonyl (C=O) groups excluding carboxylic acids is 2. The van der Waals surface area contributed by atoms with Crippen molar-refractivity contribution in [3.8, 4) is 0 Å². The van der Waals surface area contributed by atoms with E-state index in [1.165, 1.54) is 42.3 Å². The summed E-state index contributed by atoms with van der Waals surface area (Å²) in [5.74, 6) is -0.928. The number of hydrogen-bond donors (Lipinski definition) is 1. The molecule has 0 bridgehead atoms. The molecule has 7 nitrogen and oxygen atoms in total. The third kappa shape index (κ3) is 7.17. The number of hydrogen-bond acceptors (Lipinski definition) is 4. The maximum atomic E-state index is 13.8. The van der Waals surface area contributed by atoms with Crippen LogP contribution < -0.4 is 9.62 Å². The molecule has 0 saturated heterocycles. The second-order valence-electron chi connectivity index (χ2n) is 8.13. The summed E-state index contributed by atoms with van der Waals surface area (Å²) in [4.78, 5) is 27.8. The van der Waals surface area contributed by atoms with Gasteiger partial charge in [-0.15, -0.1) is 0 Å². The summed E-state index contributed by atoms with van der Waals surface area (Å²) in [5, 5.41) is 3.79. The summed E-state index contributed by atoms with van der Waals surface area (Å²) in [6.07, 6.45) is 0.320. The van der Waals surface area contributed by atoms with Crippen molar-refractivity contribution in [1.82, 2.24) is 10.2 Å². The van der Waals surface area contributed by atoms with Crippen LogP contribution in [0, 0.1) is 0 Å². The SMILES string of the molecule is CCC(C(=O)NC)N(Cc1ccc(Cl)cc1)C(=O)CN(c1cccc(Cl)c1)S(=O)(=O)c1ccc(Cl)cc1. The van der Waals surface area contributed by atoms with Crippen LogP contribution in [0.2, 0.25) is 15.1 Å². The van der Waals surface area contributed by atoms with Gasteiger partial charge in [0, 0.05) is 28.7 Å². The van der Waals surface area contributed by atoms with E-state index < -0.39 is 28.5 Å². The second-order valence-corrected chi connectivity index (χ2v) is 11.3. The van der Waals surface area contributed by atoms with Gasteiger partial charge in [-0.3, -0.25) is 13.9 Å². The molecule has 1 N–H and O–H groups in total. The van der Waals surface area contributed by atoms with E-state index in [2.05, 4.69) is 5.32 Å². The first-order chi connectivity index (χ1) is 17.6. The van der Waals surface area contributed by atoms with Crippen LogP contribution in [0.1, 0.15) is 18.9 Å². The highest BCUT2D eigenvalue weighted by atomic mass is 35.5. The van der Waals surface area contributed by atoms with Gasteiger partial charge >= 0.3 is 0 Å². The smallest absolute Gasteiger partial charge is 0.264 e. The molecule has 0 saturated carbocycles. The van der Waals surface area contributed by atoms with Crippen LogP contribution in [0.25, 0.3) is 0 Å². The van der Waals surface area contributed by atoms with E-state index in [0.29, 0.717) is 21.5 Å². The molecular formula is C26H26Cl3N3O4S. The lowest BCUT2D eigenvalue weighted by Crippen LogP contribution is -2.51. The highest BCUT2D eigenvalue weighted by Gasteiger charge is 2.33. The fourth-order valence-corrected chi connectivity index (χ4v) is 5.61. The molecule has 0 radical (unpaired) electrons. The van der Waals surface area contributed by atoms with Gasteiger partial charge in [0.05, 0.1) is 10.6 Å². The predicted molar refractivity (Wildman–Crippen MR) is 148 cm³/mol. The van der Waals surface area contributed by atoms with Gasteiger partial charge in [0.2, 0.25) is 11.8 Å². The zero-order valence-electron chi connectivity index (χ0n) is 20.2. The molecule has 2 amide bonds. The monoisotopic (exact) mass is 581 g/mol. The lowest BCUT2D eigenvalue weighted by molar-refractivity contribution is -0.140. The summed E-state index contributed by atoms with van der Waals surface area (Å²) in [6, 6.07) is 17.9. The summed E-state index contributed by atoms with van der Waals surface area (Å²) < 4.78 is 28.4. The van der Waals surface area contributed by atoms with Crippen LogP contribution in [-0.2, 0) is 26.2 Å². The van der Waals surface area contributed by atoms with Gasteiger partial charge in [-0.2, -0.15) is 0 Å². The van der Waals surface area contributed by atoms with Gasteiger partial charge in [-0.25, -0.2) is 8.42 Å². The van der Waals surface area contributed by atoms with Gasteiger partial charge in [-0.05, 0) is 66.6 Å². The molecule has 11 heteroatoms. The normalized spacial score (nSPS) is 12.0. The van der Waals surface area contributed by atoms with Crippen molar-refractivity contribution >= 4 is 62.3 Å². The van der Waals surface area contributed by atoms with Gasteiger partial charge < -0.3 is 10.2 Å². The van der Waals surface area contributed by atoms with E-state index in [4.69, 9.17) is 34.8 Å². The fraction of sp³-hybridized carbons (Fsp3) is 0.231. The highest BCUT2D eigenvalue weighted by Crippen LogP contribution is 2.27. The molecule has 0 fully saturated rings. The third-order valence-corrected chi connectivity index (χ3v) is 8.20. The van der Waals surface area contributed by atoms with Crippen molar-refractivity contribution in [3.05, 3.63) is 93.4 Å². The minimum Gasteiger partial charge on any atom is -0.357 e. The summed E-state index contributed by atoms with van der Waals surface area (Å²) in [7, 11) is -2.72. The van der Waals surface area contributed by atoms with Crippen LogP contribution in [0.15, 0.2) is 77.7 Å². The number of halogens is 3. The maximum Gasteiger partial charge on any atom is 0.264 e. The Hall–Kier alpha value is -2.78. The Labute approximate surface area is 232 Å². The Morgan fingerprint density at radius 2 is 1.49 bits per heavy atom. The van der Waals surface area contributed by atoms with E-state index >= 15 is 0 Å². The first-order valence-electron chi connectivity index (χ1n) is 11.4. The van der Waals surface area contributed by atoms with Crippen molar-refractivity contribution in [1.29, 1.82) is 0 Å². The Balaban J connectivity index is 2.05. The Morgan fingerprint density at radius 3 is 2.03 bits per heavy atom. The third-order valence-electron chi connectivity index (χ3n) is 5.68. The number of carbonyl (C=O) groups is 2. The van der Waals surface area contributed by atoms with Gasteiger partial charge in [0.1, 0.15) is 12.6 Å². The maximum absolute atomic E-state index is 13.8. The molecule has 196 valence electrons. The second kappa shape index (κ2) is 12.6. The lowest BCUT2D eigenvalue weighted by Gasteiger charge is -2.33. The van der Waals surface area contributed by atoms with Crippen LogP contribution >= 0.6 is 34.8 Å². The average Bonchev–Trinajstić information content (AvgIpc) is 2.88. The average molecular weight is 583 g/mol. The van der Waals surface area contributed by atoms with Crippen LogP contribution in [0.5, 0.6) is 0 Å².